The van der Waals surface area contributed by atoms with Gasteiger partial charge in [-0.15, -0.1) is 0 Å². The van der Waals surface area contributed by atoms with Crippen molar-refractivity contribution in [2.24, 2.45) is 0 Å². The molecule has 0 bridgehead atoms. The number of benzene rings is 1. The highest BCUT2D eigenvalue weighted by atomic mass is 79.9. The molecule has 0 fully saturated rings. The molecule has 1 N–H and O–H groups in total. The zero-order chi connectivity index (χ0) is 12.6. The summed E-state index contributed by atoms with van der Waals surface area (Å²) in [7, 11) is 1.87. The minimum Gasteiger partial charge on any atom is -0.380 e. The molecule has 1 heterocycles. The van der Waals surface area contributed by atoms with Crippen molar-refractivity contribution in [3.05, 3.63) is 40.4 Å². The first-order chi connectivity index (χ1) is 7.90. The number of ketones is 1. The van der Waals surface area contributed by atoms with Gasteiger partial charge < -0.3 is 10.0 Å². The maximum atomic E-state index is 11.7. The molecular weight excluding hydrogens is 282 g/mol. The van der Waals surface area contributed by atoms with E-state index in [2.05, 4.69) is 15.9 Å². The summed E-state index contributed by atoms with van der Waals surface area (Å²) < 4.78 is 0.999. The number of nitrogens with zero attached hydrogens (tertiary/aromatic N) is 1. The summed E-state index contributed by atoms with van der Waals surface area (Å²) in [6.45, 7) is 1.86. The molecule has 4 heteroatoms. The Hall–Kier alpha value is -1.13. The Morgan fingerprint density at radius 2 is 1.94 bits per heavy atom. The van der Waals surface area contributed by atoms with Crippen molar-refractivity contribution in [3.8, 4) is 0 Å². The highest BCUT2D eigenvalue weighted by Gasteiger charge is 2.35. The van der Waals surface area contributed by atoms with E-state index in [1.807, 2.05) is 36.2 Å². The number of likely N-dealkylation sites (N-methyl/N-ethyl adjacent to an activating group) is 1. The zero-order valence-corrected chi connectivity index (χ0v) is 11.4. The van der Waals surface area contributed by atoms with Crippen molar-refractivity contribution < 1.29 is 9.90 Å². The van der Waals surface area contributed by atoms with E-state index in [-0.39, 0.29) is 5.78 Å². The fourth-order valence-electron chi connectivity index (χ4n) is 1.94. The van der Waals surface area contributed by atoms with Crippen LogP contribution in [0.3, 0.4) is 0 Å². The molecule has 1 aliphatic rings. The molecule has 90 valence electrons. The van der Waals surface area contributed by atoms with Gasteiger partial charge >= 0.3 is 0 Å². The average molecular weight is 296 g/mol. The van der Waals surface area contributed by atoms with E-state index in [0.717, 1.165) is 15.7 Å². The molecule has 2 rings (SSSR count). The molecule has 0 unspecified atom stereocenters. The number of carbonyl (C=O) groups is 1. The molecule has 0 saturated heterocycles. The fraction of sp³-hybridized carbons (Fsp3) is 0.308. The van der Waals surface area contributed by atoms with Crippen LogP contribution in [0.25, 0.3) is 5.70 Å². The first-order valence-corrected chi connectivity index (χ1v) is 6.15. The van der Waals surface area contributed by atoms with Gasteiger partial charge in [0.1, 0.15) is 5.60 Å². The van der Waals surface area contributed by atoms with E-state index in [1.54, 1.807) is 6.92 Å². The van der Waals surface area contributed by atoms with Gasteiger partial charge in [-0.25, -0.2) is 0 Å². The van der Waals surface area contributed by atoms with Crippen LogP contribution in [-0.2, 0) is 4.79 Å². The Morgan fingerprint density at radius 3 is 2.53 bits per heavy atom. The number of aliphatic hydroxyl groups is 1. The van der Waals surface area contributed by atoms with Gasteiger partial charge in [-0.3, -0.25) is 4.79 Å². The Morgan fingerprint density at radius 1 is 1.35 bits per heavy atom. The lowest BCUT2D eigenvalue weighted by Crippen LogP contribution is -2.47. The third-order valence-electron chi connectivity index (χ3n) is 2.89. The minimum absolute atomic E-state index is 0.242. The van der Waals surface area contributed by atoms with Crippen molar-refractivity contribution in [2.75, 3.05) is 13.6 Å². The van der Waals surface area contributed by atoms with Gasteiger partial charge in [0.2, 0.25) is 0 Å². The lowest BCUT2D eigenvalue weighted by molar-refractivity contribution is -0.132. The molecular formula is C13H14BrNO2. The molecule has 17 heavy (non-hydrogen) atoms. The van der Waals surface area contributed by atoms with E-state index < -0.39 is 5.60 Å². The molecule has 0 aromatic heterocycles. The van der Waals surface area contributed by atoms with Crippen LogP contribution in [0.5, 0.6) is 0 Å². The van der Waals surface area contributed by atoms with E-state index in [1.165, 1.54) is 6.08 Å². The molecule has 3 nitrogen and oxygen atoms in total. The monoisotopic (exact) mass is 295 g/mol. The number of hydrogen-bond donors (Lipinski definition) is 1. The molecule has 0 radical (unpaired) electrons. The normalized spacial score (nSPS) is 24.8. The van der Waals surface area contributed by atoms with Gasteiger partial charge in [-0.1, -0.05) is 28.1 Å². The van der Waals surface area contributed by atoms with Crippen LogP contribution < -0.4 is 0 Å². The second-order valence-corrected chi connectivity index (χ2v) is 5.45. The molecule has 0 spiro atoms. The molecule has 1 aromatic rings. The summed E-state index contributed by atoms with van der Waals surface area (Å²) in [6, 6.07) is 7.75. The lowest BCUT2D eigenvalue weighted by atomic mass is 9.93. The topological polar surface area (TPSA) is 40.5 Å². The highest BCUT2D eigenvalue weighted by Crippen LogP contribution is 2.27. The first kappa shape index (κ1) is 12.3. The summed E-state index contributed by atoms with van der Waals surface area (Å²) in [6.07, 6.45) is 1.51. The molecule has 1 atom stereocenters. The second-order valence-electron chi connectivity index (χ2n) is 4.53. The molecule has 1 aromatic carbocycles. The van der Waals surface area contributed by atoms with Gasteiger partial charge in [-0.05, 0) is 24.6 Å². The van der Waals surface area contributed by atoms with E-state index in [9.17, 15) is 9.90 Å². The number of hydrogen-bond acceptors (Lipinski definition) is 3. The molecule has 0 saturated carbocycles. The first-order valence-electron chi connectivity index (χ1n) is 5.36. The van der Waals surface area contributed by atoms with Gasteiger partial charge in [-0.2, -0.15) is 0 Å². The van der Waals surface area contributed by atoms with Gasteiger partial charge in [0.25, 0.3) is 0 Å². The highest BCUT2D eigenvalue weighted by molar-refractivity contribution is 9.10. The second kappa shape index (κ2) is 4.27. The van der Waals surface area contributed by atoms with Crippen LogP contribution in [-0.4, -0.2) is 35.0 Å². The van der Waals surface area contributed by atoms with Gasteiger partial charge in [0.15, 0.2) is 5.78 Å². The summed E-state index contributed by atoms with van der Waals surface area (Å²) in [5.74, 6) is -0.242. The van der Waals surface area contributed by atoms with Crippen molar-refractivity contribution in [2.45, 2.75) is 12.5 Å². The van der Waals surface area contributed by atoms with Crippen molar-refractivity contribution in [3.63, 3.8) is 0 Å². The van der Waals surface area contributed by atoms with Gasteiger partial charge in [0, 0.05) is 23.3 Å². The maximum Gasteiger partial charge on any atom is 0.190 e. The SMILES string of the molecule is CN1C[C@](C)(O)C(=O)C=C1c1ccc(Br)cc1. The van der Waals surface area contributed by atoms with Crippen LogP contribution in [0.4, 0.5) is 0 Å². The maximum absolute atomic E-state index is 11.7. The summed E-state index contributed by atoms with van der Waals surface area (Å²) in [5.41, 5.74) is 0.529. The van der Waals surface area contributed by atoms with Crippen LogP contribution >= 0.6 is 15.9 Å². The Bertz CT molecular complexity index is 477. The van der Waals surface area contributed by atoms with Crippen molar-refractivity contribution in [1.29, 1.82) is 0 Å². The van der Waals surface area contributed by atoms with E-state index in [4.69, 9.17) is 0 Å². The smallest absolute Gasteiger partial charge is 0.190 e. The summed E-state index contributed by atoms with van der Waals surface area (Å²) in [5, 5.41) is 9.88. The van der Waals surface area contributed by atoms with E-state index in [0.29, 0.717) is 6.54 Å². The number of carbonyl (C=O) groups excluding carboxylic acids is 1. The molecule has 0 aliphatic carbocycles. The Balaban J connectivity index is 2.39. The van der Waals surface area contributed by atoms with Crippen LogP contribution in [0, 0.1) is 0 Å². The summed E-state index contributed by atoms with van der Waals surface area (Å²) in [4.78, 5) is 13.6. The largest absolute Gasteiger partial charge is 0.380 e. The number of rotatable bonds is 1. The molecule has 0 amide bonds. The Kier molecular flexibility index (Phi) is 3.10. The third kappa shape index (κ3) is 2.42. The number of halogens is 1. The van der Waals surface area contributed by atoms with Crippen molar-refractivity contribution in [1.82, 2.24) is 4.90 Å². The summed E-state index contributed by atoms with van der Waals surface area (Å²) >= 11 is 3.37. The Labute approximate surface area is 109 Å². The minimum atomic E-state index is -1.28. The standard InChI is InChI=1S/C13H14BrNO2/c1-13(17)8-15(2)11(7-12(13)16)9-3-5-10(14)6-4-9/h3-7,17H,8H2,1-2H3/t13-/m0/s1. The van der Waals surface area contributed by atoms with E-state index >= 15 is 0 Å². The zero-order valence-electron chi connectivity index (χ0n) is 9.77. The lowest BCUT2D eigenvalue weighted by Gasteiger charge is -2.34. The van der Waals surface area contributed by atoms with Crippen LogP contribution in [0.15, 0.2) is 34.8 Å². The quantitative estimate of drug-likeness (QED) is 0.862. The average Bonchev–Trinajstić information content (AvgIpc) is 2.24. The number of β-amino-alcohol motifs (C(OH)–C–C–N with tert-alkyl or cyclic N) is 1. The predicted molar refractivity (Wildman–Crippen MR) is 70.4 cm³/mol. The van der Waals surface area contributed by atoms with Crippen LogP contribution in [0.1, 0.15) is 12.5 Å². The molecule has 1 aliphatic heterocycles. The third-order valence-corrected chi connectivity index (χ3v) is 3.42. The van der Waals surface area contributed by atoms with Gasteiger partial charge in [0.05, 0.1) is 6.54 Å². The predicted octanol–water partition coefficient (Wildman–Crippen LogP) is 2.06. The van der Waals surface area contributed by atoms with Crippen LogP contribution in [0.2, 0.25) is 0 Å². The van der Waals surface area contributed by atoms with Crippen molar-refractivity contribution >= 4 is 27.4 Å². The fourth-order valence-corrected chi connectivity index (χ4v) is 2.20.